The molecule has 0 amide bonds. The molecule has 1 atom stereocenters. The van der Waals surface area contributed by atoms with Gasteiger partial charge in [-0.2, -0.15) is 9.61 Å². The summed E-state index contributed by atoms with van der Waals surface area (Å²) in [5.41, 5.74) is 5.36. The van der Waals surface area contributed by atoms with Gasteiger partial charge in [-0.05, 0) is 32.3 Å². The predicted octanol–water partition coefficient (Wildman–Crippen LogP) is 4.87. The number of fused-ring (bicyclic) bond motifs is 1. The highest BCUT2D eigenvalue weighted by Crippen LogP contribution is 2.29. The molecule has 4 heteroatoms. The zero-order chi connectivity index (χ0) is 17.1. The third-order valence-electron chi connectivity index (χ3n) is 4.39. The molecule has 3 rings (SSSR count). The van der Waals surface area contributed by atoms with Gasteiger partial charge in [0.25, 0.3) is 0 Å². The number of rotatable bonds is 6. The SMILES string of the molecule is CCCc1cc(NC(C)CC)n2nc(C)c(-c3ccccc3)c2n1. The van der Waals surface area contributed by atoms with Gasteiger partial charge >= 0.3 is 0 Å². The van der Waals surface area contributed by atoms with Crippen molar-refractivity contribution in [3.05, 3.63) is 47.8 Å². The van der Waals surface area contributed by atoms with E-state index in [1.807, 2.05) is 10.6 Å². The molecule has 2 heterocycles. The number of nitrogens with one attached hydrogen (secondary N) is 1. The van der Waals surface area contributed by atoms with Crippen LogP contribution in [0.3, 0.4) is 0 Å². The number of aryl methyl sites for hydroxylation is 2. The van der Waals surface area contributed by atoms with Gasteiger partial charge in [0.2, 0.25) is 0 Å². The van der Waals surface area contributed by atoms with Gasteiger partial charge in [0.15, 0.2) is 5.65 Å². The Morgan fingerprint density at radius 2 is 1.92 bits per heavy atom. The van der Waals surface area contributed by atoms with E-state index >= 15 is 0 Å². The average molecular weight is 322 g/mol. The van der Waals surface area contributed by atoms with E-state index in [1.54, 1.807) is 0 Å². The summed E-state index contributed by atoms with van der Waals surface area (Å²) >= 11 is 0. The maximum atomic E-state index is 4.92. The van der Waals surface area contributed by atoms with Crippen molar-refractivity contribution in [3.63, 3.8) is 0 Å². The van der Waals surface area contributed by atoms with Gasteiger partial charge in [-0.1, -0.05) is 50.6 Å². The summed E-state index contributed by atoms with van der Waals surface area (Å²) in [5, 5.41) is 8.36. The highest BCUT2D eigenvalue weighted by atomic mass is 15.3. The summed E-state index contributed by atoms with van der Waals surface area (Å²) in [4.78, 5) is 4.92. The molecular weight excluding hydrogens is 296 g/mol. The minimum atomic E-state index is 0.398. The van der Waals surface area contributed by atoms with Crippen molar-refractivity contribution < 1.29 is 0 Å². The van der Waals surface area contributed by atoms with Gasteiger partial charge in [0.1, 0.15) is 5.82 Å². The molecule has 4 nitrogen and oxygen atoms in total. The summed E-state index contributed by atoms with van der Waals surface area (Å²) in [6.07, 6.45) is 3.13. The summed E-state index contributed by atoms with van der Waals surface area (Å²) in [5.74, 6) is 1.03. The van der Waals surface area contributed by atoms with Crippen molar-refractivity contribution >= 4 is 11.5 Å². The maximum Gasteiger partial charge on any atom is 0.165 e. The largest absolute Gasteiger partial charge is 0.367 e. The monoisotopic (exact) mass is 322 g/mol. The van der Waals surface area contributed by atoms with E-state index in [2.05, 4.69) is 63.3 Å². The van der Waals surface area contributed by atoms with Crippen LogP contribution in [0.25, 0.3) is 16.8 Å². The van der Waals surface area contributed by atoms with E-state index in [9.17, 15) is 0 Å². The lowest BCUT2D eigenvalue weighted by Crippen LogP contribution is -2.17. The molecule has 0 aliphatic carbocycles. The van der Waals surface area contributed by atoms with Crippen LogP contribution in [-0.2, 0) is 6.42 Å². The Morgan fingerprint density at radius 3 is 2.58 bits per heavy atom. The molecule has 2 aromatic heterocycles. The number of nitrogens with zero attached hydrogens (tertiary/aromatic N) is 3. The van der Waals surface area contributed by atoms with E-state index in [1.165, 1.54) is 5.56 Å². The molecule has 0 saturated heterocycles. The highest BCUT2D eigenvalue weighted by molar-refractivity contribution is 5.80. The lowest BCUT2D eigenvalue weighted by Gasteiger charge is -2.15. The normalized spacial score (nSPS) is 12.5. The molecule has 0 aliphatic rings. The Hall–Kier alpha value is -2.36. The molecule has 3 aromatic rings. The van der Waals surface area contributed by atoms with Crippen molar-refractivity contribution in [1.29, 1.82) is 0 Å². The van der Waals surface area contributed by atoms with E-state index in [-0.39, 0.29) is 0 Å². The predicted molar refractivity (Wildman–Crippen MR) is 101 cm³/mol. The van der Waals surface area contributed by atoms with Gasteiger partial charge in [-0.25, -0.2) is 4.98 Å². The van der Waals surface area contributed by atoms with Gasteiger partial charge in [-0.3, -0.25) is 0 Å². The Kier molecular flexibility index (Phi) is 4.84. The fourth-order valence-electron chi connectivity index (χ4n) is 2.96. The first-order valence-electron chi connectivity index (χ1n) is 8.85. The summed E-state index contributed by atoms with van der Waals surface area (Å²) in [7, 11) is 0. The van der Waals surface area contributed by atoms with E-state index < -0.39 is 0 Å². The van der Waals surface area contributed by atoms with Crippen LogP contribution in [0, 0.1) is 6.92 Å². The molecule has 1 unspecified atom stereocenters. The second kappa shape index (κ2) is 7.04. The first-order valence-corrected chi connectivity index (χ1v) is 8.85. The van der Waals surface area contributed by atoms with Gasteiger partial charge in [0.05, 0.1) is 5.69 Å². The van der Waals surface area contributed by atoms with Crippen LogP contribution >= 0.6 is 0 Å². The van der Waals surface area contributed by atoms with Gasteiger partial charge < -0.3 is 5.32 Å². The van der Waals surface area contributed by atoms with Gasteiger partial charge in [-0.15, -0.1) is 0 Å². The first-order chi connectivity index (χ1) is 11.6. The topological polar surface area (TPSA) is 42.2 Å². The van der Waals surface area contributed by atoms with Crippen molar-refractivity contribution in [2.24, 2.45) is 0 Å². The average Bonchev–Trinajstić information content (AvgIpc) is 2.92. The van der Waals surface area contributed by atoms with Crippen LogP contribution in [0.5, 0.6) is 0 Å². The molecule has 0 radical (unpaired) electrons. The van der Waals surface area contributed by atoms with E-state index in [4.69, 9.17) is 10.1 Å². The van der Waals surface area contributed by atoms with Crippen LogP contribution in [0.1, 0.15) is 45.0 Å². The lowest BCUT2D eigenvalue weighted by atomic mass is 10.1. The number of benzene rings is 1. The van der Waals surface area contributed by atoms with E-state index in [0.717, 1.165) is 47.7 Å². The van der Waals surface area contributed by atoms with Gasteiger partial charge in [0, 0.05) is 23.4 Å². The second-order valence-corrected chi connectivity index (χ2v) is 6.40. The smallest absolute Gasteiger partial charge is 0.165 e. The fraction of sp³-hybridized carbons (Fsp3) is 0.400. The Labute approximate surface area is 143 Å². The minimum Gasteiger partial charge on any atom is -0.367 e. The molecular formula is C20H26N4. The molecule has 0 aliphatic heterocycles. The Morgan fingerprint density at radius 1 is 1.17 bits per heavy atom. The number of aromatic nitrogens is 3. The maximum absolute atomic E-state index is 4.92. The Balaban J connectivity index is 2.21. The lowest BCUT2D eigenvalue weighted by molar-refractivity contribution is 0.745. The quantitative estimate of drug-likeness (QED) is 0.704. The minimum absolute atomic E-state index is 0.398. The zero-order valence-electron chi connectivity index (χ0n) is 15.0. The van der Waals surface area contributed by atoms with Crippen LogP contribution < -0.4 is 5.32 Å². The van der Waals surface area contributed by atoms with E-state index in [0.29, 0.717) is 6.04 Å². The number of hydrogen-bond donors (Lipinski definition) is 1. The second-order valence-electron chi connectivity index (χ2n) is 6.40. The summed E-state index contributed by atoms with van der Waals surface area (Å²) in [6.45, 7) is 8.63. The molecule has 1 N–H and O–H groups in total. The van der Waals surface area contributed by atoms with Crippen LogP contribution in [0.15, 0.2) is 36.4 Å². The third kappa shape index (κ3) is 3.14. The highest BCUT2D eigenvalue weighted by Gasteiger charge is 2.17. The summed E-state index contributed by atoms with van der Waals surface area (Å²) in [6, 6.07) is 13.0. The molecule has 0 saturated carbocycles. The molecule has 0 spiro atoms. The van der Waals surface area contributed by atoms with Crippen molar-refractivity contribution in [2.45, 2.75) is 53.0 Å². The number of anilines is 1. The third-order valence-corrected chi connectivity index (χ3v) is 4.39. The number of hydrogen-bond acceptors (Lipinski definition) is 3. The van der Waals surface area contributed by atoms with Crippen molar-refractivity contribution in [3.8, 4) is 11.1 Å². The van der Waals surface area contributed by atoms with Crippen LogP contribution in [0.4, 0.5) is 5.82 Å². The first kappa shape index (κ1) is 16.5. The molecule has 1 aromatic carbocycles. The Bertz CT molecular complexity index is 821. The zero-order valence-corrected chi connectivity index (χ0v) is 15.0. The molecule has 126 valence electrons. The summed E-state index contributed by atoms with van der Waals surface area (Å²) < 4.78 is 1.96. The van der Waals surface area contributed by atoms with Crippen molar-refractivity contribution in [1.82, 2.24) is 14.6 Å². The fourth-order valence-corrected chi connectivity index (χ4v) is 2.96. The van der Waals surface area contributed by atoms with Crippen LogP contribution in [-0.4, -0.2) is 20.6 Å². The molecule has 0 bridgehead atoms. The van der Waals surface area contributed by atoms with Crippen LogP contribution in [0.2, 0.25) is 0 Å². The van der Waals surface area contributed by atoms with Crippen molar-refractivity contribution in [2.75, 3.05) is 5.32 Å². The molecule has 24 heavy (non-hydrogen) atoms. The standard InChI is InChI=1S/C20H26N4/c1-5-10-17-13-18(21-14(3)6-2)24-20(22-17)19(15(4)23-24)16-11-8-7-9-12-16/h7-9,11-14,21H,5-6,10H2,1-4H3. The molecule has 0 fully saturated rings.